The van der Waals surface area contributed by atoms with Gasteiger partial charge in [0, 0.05) is 11.3 Å². The van der Waals surface area contributed by atoms with Gasteiger partial charge in [0.1, 0.15) is 6.04 Å². The Morgan fingerprint density at radius 3 is 2.07 bits per heavy atom. The Hall–Kier alpha value is -3.92. The third-order valence-corrected chi connectivity index (χ3v) is 5.01. The predicted octanol–water partition coefficient (Wildman–Crippen LogP) is 5.26. The number of carbonyl (C=O) groups excluding carboxylic acids is 2. The lowest BCUT2D eigenvalue weighted by atomic mass is 10.1. The zero-order valence-electron chi connectivity index (χ0n) is 16.6. The second-order valence-corrected chi connectivity index (χ2v) is 7.19. The number of nitrogens with one attached hydrogen (secondary N) is 2. The molecule has 0 aromatic heterocycles. The average molecular weight is 394 g/mol. The van der Waals surface area contributed by atoms with Crippen LogP contribution in [0.2, 0.25) is 0 Å². The molecule has 0 fully saturated rings. The highest BCUT2D eigenvalue weighted by Gasteiger charge is 2.17. The average Bonchev–Trinajstić information content (AvgIpc) is 2.79. The second-order valence-electron chi connectivity index (χ2n) is 7.19. The third kappa shape index (κ3) is 4.39. The number of rotatable bonds is 5. The Balaban J connectivity index is 1.38. The van der Waals surface area contributed by atoms with E-state index in [1.807, 2.05) is 91.0 Å². The van der Waals surface area contributed by atoms with Crippen molar-refractivity contribution < 1.29 is 9.59 Å². The number of fused-ring (bicyclic) bond motifs is 1. The van der Waals surface area contributed by atoms with E-state index < -0.39 is 6.04 Å². The molecular formula is C26H22N2O2. The molecule has 4 rings (SSSR count). The summed E-state index contributed by atoms with van der Waals surface area (Å²) in [5, 5.41) is 7.68. The SMILES string of the molecule is C[C@H](NC(=O)c1ccc2ccccc2c1)C(=O)Nc1ccc(-c2ccccc2)cc1. The minimum atomic E-state index is -0.669. The van der Waals surface area contributed by atoms with Gasteiger partial charge in [-0.2, -0.15) is 0 Å². The van der Waals surface area contributed by atoms with E-state index in [4.69, 9.17) is 0 Å². The van der Waals surface area contributed by atoms with Crippen molar-refractivity contribution in [1.82, 2.24) is 5.32 Å². The number of hydrogen-bond acceptors (Lipinski definition) is 2. The Bertz CT molecular complexity index is 1180. The molecule has 0 aliphatic carbocycles. The van der Waals surface area contributed by atoms with Crippen LogP contribution in [0, 0.1) is 0 Å². The molecule has 1 atom stereocenters. The molecule has 0 saturated carbocycles. The molecule has 4 aromatic carbocycles. The van der Waals surface area contributed by atoms with E-state index in [1.165, 1.54) is 0 Å². The van der Waals surface area contributed by atoms with Gasteiger partial charge in [0.05, 0.1) is 0 Å². The molecule has 0 aliphatic rings. The van der Waals surface area contributed by atoms with E-state index in [0.29, 0.717) is 11.3 Å². The van der Waals surface area contributed by atoms with Gasteiger partial charge < -0.3 is 10.6 Å². The zero-order valence-corrected chi connectivity index (χ0v) is 16.6. The van der Waals surface area contributed by atoms with Gasteiger partial charge in [0.2, 0.25) is 5.91 Å². The summed E-state index contributed by atoms with van der Waals surface area (Å²) in [5.74, 6) is -0.542. The van der Waals surface area contributed by atoms with Crippen LogP contribution in [0.25, 0.3) is 21.9 Å². The van der Waals surface area contributed by atoms with Crippen molar-refractivity contribution >= 4 is 28.3 Å². The summed E-state index contributed by atoms with van der Waals surface area (Å²) in [6, 6.07) is 30.4. The van der Waals surface area contributed by atoms with Gasteiger partial charge in [-0.05, 0) is 53.1 Å². The molecule has 0 heterocycles. The van der Waals surface area contributed by atoms with Crippen LogP contribution in [0.15, 0.2) is 97.1 Å². The maximum absolute atomic E-state index is 12.6. The molecule has 0 bridgehead atoms. The summed E-state index contributed by atoms with van der Waals surface area (Å²) < 4.78 is 0. The van der Waals surface area contributed by atoms with Crippen LogP contribution >= 0.6 is 0 Å². The van der Waals surface area contributed by atoms with Gasteiger partial charge in [-0.15, -0.1) is 0 Å². The number of carbonyl (C=O) groups is 2. The van der Waals surface area contributed by atoms with Crippen LogP contribution < -0.4 is 10.6 Å². The largest absolute Gasteiger partial charge is 0.341 e. The van der Waals surface area contributed by atoms with Crippen LogP contribution in [0.5, 0.6) is 0 Å². The summed E-state index contributed by atoms with van der Waals surface area (Å²) in [7, 11) is 0. The highest BCUT2D eigenvalue weighted by atomic mass is 16.2. The lowest BCUT2D eigenvalue weighted by Gasteiger charge is -2.15. The maximum atomic E-state index is 12.6. The van der Waals surface area contributed by atoms with Crippen LogP contribution in [0.4, 0.5) is 5.69 Å². The highest BCUT2D eigenvalue weighted by Crippen LogP contribution is 2.21. The summed E-state index contributed by atoms with van der Waals surface area (Å²) in [6.45, 7) is 1.67. The fourth-order valence-corrected chi connectivity index (χ4v) is 3.30. The highest BCUT2D eigenvalue weighted by molar-refractivity contribution is 6.02. The molecule has 2 N–H and O–H groups in total. The Morgan fingerprint density at radius 2 is 1.33 bits per heavy atom. The lowest BCUT2D eigenvalue weighted by Crippen LogP contribution is -2.41. The van der Waals surface area contributed by atoms with E-state index in [9.17, 15) is 9.59 Å². The standard InChI is InChI=1S/C26H22N2O2/c1-18(27-26(30)23-12-11-20-9-5-6-10-22(20)17-23)25(29)28-24-15-13-21(14-16-24)19-7-3-2-4-8-19/h2-18H,1H3,(H,27,30)(H,28,29)/t18-/m0/s1. The van der Waals surface area contributed by atoms with Crippen LogP contribution in [0.1, 0.15) is 17.3 Å². The minimum absolute atomic E-state index is 0.267. The number of amides is 2. The quantitative estimate of drug-likeness (QED) is 0.485. The van der Waals surface area contributed by atoms with E-state index in [-0.39, 0.29) is 11.8 Å². The Morgan fingerprint density at radius 1 is 0.700 bits per heavy atom. The van der Waals surface area contributed by atoms with Crippen molar-refractivity contribution in [2.45, 2.75) is 13.0 Å². The first-order chi connectivity index (χ1) is 14.6. The van der Waals surface area contributed by atoms with Gasteiger partial charge >= 0.3 is 0 Å². The minimum Gasteiger partial charge on any atom is -0.341 e. The van der Waals surface area contributed by atoms with Crippen LogP contribution in [-0.4, -0.2) is 17.9 Å². The third-order valence-electron chi connectivity index (χ3n) is 5.01. The first kappa shape index (κ1) is 19.4. The first-order valence-electron chi connectivity index (χ1n) is 9.86. The Labute approximate surface area is 175 Å². The predicted molar refractivity (Wildman–Crippen MR) is 121 cm³/mol. The van der Waals surface area contributed by atoms with Gasteiger partial charge in [0.25, 0.3) is 5.91 Å². The van der Waals surface area contributed by atoms with E-state index >= 15 is 0 Å². The monoisotopic (exact) mass is 394 g/mol. The first-order valence-corrected chi connectivity index (χ1v) is 9.86. The van der Waals surface area contributed by atoms with E-state index in [1.54, 1.807) is 13.0 Å². The topological polar surface area (TPSA) is 58.2 Å². The smallest absolute Gasteiger partial charge is 0.251 e. The lowest BCUT2D eigenvalue weighted by molar-refractivity contribution is -0.117. The van der Waals surface area contributed by atoms with Crippen molar-refractivity contribution in [2.24, 2.45) is 0 Å². The molecule has 0 unspecified atom stereocenters. The Kier molecular flexibility index (Phi) is 5.57. The van der Waals surface area contributed by atoms with Gasteiger partial charge in [-0.3, -0.25) is 9.59 Å². The second kappa shape index (κ2) is 8.62. The maximum Gasteiger partial charge on any atom is 0.251 e. The van der Waals surface area contributed by atoms with Gasteiger partial charge in [-0.25, -0.2) is 0 Å². The molecule has 0 spiro atoms. The molecule has 4 aromatic rings. The number of hydrogen-bond donors (Lipinski definition) is 2. The number of anilines is 1. The zero-order chi connectivity index (χ0) is 20.9. The fourth-order valence-electron chi connectivity index (χ4n) is 3.30. The molecule has 4 nitrogen and oxygen atoms in total. The van der Waals surface area contributed by atoms with Gasteiger partial charge in [-0.1, -0.05) is 72.8 Å². The van der Waals surface area contributed by atoms with Crippen LogP contribution in [-0.2, 0) is 4.79 Å². The molecule has 0 radical (unpaired) electrons. The van der Waals surface area contributed by atoms with Crippen molar-refractivity contribution in [1.29, 1.82) is 0 Å². The van der Waals surface area contributed by atoms with Gasteiger partial charge in [0.15, 0.2) is 0 Å². The molecule has 0 saturated heterocycles. The summed E-state index contributed by atoms with van der Waals surface area (Å²) >= 11 is 0. The normalized spacial score (nSPS) is 11.6. The van der Waals surface area contributed by atoms with Crippen molar-refractivity contribution in [3.8, 4) is 11.1 Å². The molecule has 148 valence electrons. The van der Waals surface area contributed by atoms with E-state index in [2.05, 4.69) is 10.6 Å². The summed E-state index contributed by atoms with van der Waals surface area (Å²) in [4.78, 5) is 25.1. The molecule has 30 heavy (non-hydrogen) atoms. The van der Waals surface area contributed by atoms with Crippen LogP contribution in [0.3, 0.4) is 0 Å². The van der Waals surface area contributed by atoms with Crippen molar-refractivity contribution in [3.63, 3.8) is 0 Å². The van der Waals surface area contributed by atoms with Crippen molar-refractivity contribution in [2.75, 3.05) is 5.32 Å². The molecule has 0 aliphatic heterocycles. The molecule has 2 amide bonds. The summed E-state index contributed by atoms with van der Waals surface area (Å²) in [5.41, 5.74) is 3.41. The number of benzene rings is 4. The van der Waals surface area contributed by atoms with E-state index in [0.717, 1.165) is 21.9 Å². The molecule has 4 heteroatoms. The molecular weight excluding hydrogens is 372 g/mol. The summed E-state index contributed by atoms with van der Waals surface area (Å²) in [6.07, 6.45) is 0. The van der Waals surface area contributed by atoms with Crippen molar-refractivity contribution in [3.05, 3.63) is 103 Å². The fraction of sp³-hybridized carbons (Fsp3) is 0.0769.